The summed E-state index contributed by atoms with van der Waals surface area (Å²) in [4.78, 5) is 11.5. The Hall–Kier alpha value is -0.830. The molecule has 1 aliphatic heterocycles. The molecule has 3 heteroatoms. The predicted molar refractivity (Wildman–Crippen MR) is 55.6 cm³/mol. The Kier molecular flexibility index (Phi) is 1.71. The lowest BCUT2D eigenvalue weighted by molar-refractivity contribution is -0.136. The van der Waals surface area contributed by atoms with Crippen LogP contribution in [0.2, 0.25) is 0 Å². The number of alkyl halides is 1. The highest BCUT2D eigenvalue weighted by Gasteiger charge is 2.59. The molecule has 0 bridgehead atoms. The molecule has 3 rings (SSSR count). The monoisotopic (exact) mass is 252 g/mol. The average Bonchev–Trinajstić information content (AvgIpc) is 2.93. The molecule has 1 heterocycles. The molecule has 1 aromatic rings. The topological polar surface area (TPSA) is 26.3 Å². The van der Waals surface area contributed by atoms with E-state index < -0.39 is 0 Å². The zero-order valence-corrected chi connectivity index (χ0v) is 9.03. The number of hydrogen-bond donors (Lipinski definition) is 0. The fourth-order valence-corrected chi connectivity index (χ4v) is 3.14. The second-order valence-electron chi connectivity index (χ2n) is 3.83. The van der Waals surface area contributed by atoms with Crippen molar-refractivity contribution in [1.29, 1.82) is 0 Å². The smallest absolute Gasteiger partial charge is 0.315 e. The quantitative estimate of drug-likeness (QED) is 0.436. The van der Waals surface area contributed by atoms with Gasteiger partial charge in [-0.15, -0.1) is 0 Å². The number of ether oxygens (including phenoxy) is 1. The first kappa shape index (κ1) is 8.48. The Bertz CT molecular complexity index is 402. The van der Waals surface area contributed by atoms with Gasteiger partial charge >= 0.3 is 5.97 Å². The van der Waals surface area contributed by atoms with Gasteiger partial charge in [0.2, 0.25) is 0 Å². The van der Waals surface area contributed by atoms with Gasteiger partial charge in [0.25, 0.3) is 0 Å². The average molecular weight is 253 g/mol. The normalized spacial score (nSPS) is 32.9. The summed E-state index contributed by atoms with van der Waals surface area (Å²) in [7, 11) is 0. The second kappa shape index (κ2) is 2.83. The van der Waals surface area contributed by atoms with Crippen molar-refractivity contribution in [2.24, 2.45) is 11.8 Å². The molecule has 2 aliphatic rings. The molecule has 2 nitrogen and oxygen atoms in total. The van der Waals surface area contributed by atoms with Crippen LogP contribution in [0.3, 0.4) is 0 Å². The van der Waals surface area contributed by atoms with Crippen molar-refractivity contribution < 1.29 is 9.53 Å². The number of carbonyl (C=O) groups excluding carboxylic acids is 1. The third-order valence-electron chi connectivity index (χ3n) is 3.11. The Morgan fingerprint density at radius 1 is 1.29 bits per heavy atom. The van der Waals surface area contributed by atoms with Crippen molar-refractivity contribution in [1.82, 2.24) is 0 Å². The maximum Gasteiger partial charge on any atom is 0.315 e. The van der Waals surface area contributed by atoms with E-state index in [1.54, 1.807) is 0 Å². The van der Waals surface area contributed by atoms with Crippen LogP contribution < -0.4 is 4.74 Å². The first-order chi connectivity index (χ1) is 6.83. The Morgan fingerprint density at radius 3 is 2.86 bits per heavy atom. The number of hydrogen-bond acceptors (Lipinski definition) is 2. The lowest BCUT2D eigenvalue weighted by Gasteiger charge is -2.13. The molecule has 0 amide bonds. The molecule has 0 saturated heterocycles. The van der Waals surface area contributed by atoms with E-state index in [1.165, 1.54) is 5.56 Å². The van der Waals surface area contributed by atoms with Gasteiger partial charge in [0.15, 0.2) is 0 Å². The van der Waals surface area contributed by atoms with E-state index in [9.17, 15) is 4.79 Å². The molecule has 14 heavy (non-hydrogen) atoms. The maximum atomic E-state index is 11.5. The molecule has 1 saturated carbocycles. The van der Waals surface area contributed by atoms with Crippen LogP contribution in [-0.2, 0) is 4.79 Å². The number of esters is 1. The number of rotatable bonds is 1. The molecule has 0 N–H and O–H groups in total. The van der Waals surface area contributed by atoms with Crippen molar-refractivity contribution in [2.75, 3.05) is 5.33 Å². The molecule has 0 radical (unpaired) electrons. The Morgan fingerprint density at radius 2 is 2.07 bits per heavy atom. The predicted octanol–water partition coefficient (Wildman–Crippen LogP) is 2.33. The van der Waals surface area contributed by atoms with E-state index in [2.05, 4.69) is 22.0 Å². The molecule has 3 unspecified atom stereocenters. The van der Waals surface area contributed by atoms with Crippen molar-refractivity contribution in [3.63, 3.8) is 0 Å². The summed E-state index contributed by atoms with van der Waals surface area (Å²) in [6.45, 7) is 0. The van der Waals surface area contributed by atoms with Gasteiger partial charge in [-0.3, -0.25) is 4.79 Å². The van der Waals surface area contributed by atoms with Crippen LogP contribution >= 0.6 is 15.9 Å². The van der Waals surface area contributed by atoms with Gasteiger partial charge in [-0.1, -0.05) is 34.1 Å². The Balaban J connectivity index is 2.06. The van der Waals surface area contributed by atoms with Gasteiger partial charge in [0.1, 0.15) is 5.75 Å². The van der Waals surface area contributed by atoms with Gasteiger partial charge in [-0.2, -0.15) is 0 Å². The molecule has 1 aromatic carbocycles. The van der Waals surface area contributed by atoms with Gasteiger partial charge in [-0.25, -0.2) is 0 Å². The van der Waals surface area contributed by atoms with Gasteiger partial charge in [-0.05, 0) is 17.5 Å². The number of halogens is 1. The summed E-state index contributed by atoms with van der Waals surface area (Å²) in [5, 5.41) is 0.881. The summed E-state index contributed by atoms with van der Waals surface area (Å²) in [6, 6.07) is 7.83. The molecule has 1 aliphatic carbocycles. The molecule has 0 spiro atoms. The van der Waals surface area contributed by atoms with E-state index in [4.69, 9.17) is 4.74 Å². The van der Waals surface area contributed by atoms with E-state index in [0.717, 1.165) is 11.1 Å². The zero-order chi connectivity index (χ0) is 9.71. The number of benzene rings is 1. The molecule has 72 valence electrons. The van der Waals surface area contributed by atoms with Crippen LogP contribution in [0.1, 0.15) is 11.5 Å². The molecular weight excluding hydrogens is 244 g/mol. The minimum absolute atomic E-state index is 0.0573. The highest BCUT2D eigenvalue weighted by atomic mass is 79.9. The van der Waals surface area contributed by atoms with Gasteiger partial charge in [0.05, 0.1) is 5.92 Å². The summed E-state index contributed by atoms with van der Waals surface area (Å²) < 4.78 is 5.26. The van der Waals surface area contributed by atoms with Crippen LogP contribution in [0.15, 0.2) is 24.3 Å². The summed E-state index contributed by atoms with van der Waals surface area (Å²) in [5.74, 6) is 1.63. The third-order valence-corrected chi connectivity index (χ3v) is 3.86. The second-order valence-corrected chi connectivity index (χ2v) is 4.48. The minimum atomic E-state index is -0.0573. The first-order valence-corrected chi connectivity index (χ1v) is 5.81. The standard InChI is InChI=1S/C11H9BrO2/c12-5-7-9-6-3-1-2-4-8(6)14-11(13)10(7)9/h1-4,7,9-10H,5H2. The van der Waals surface area contributed by atoms with E-state index in [1.807, 2.05) is 18.2 Å². The molecule has 1 fully saturated rings. The fraction of sp³-hybridized carbons (Fsp3) is 0.364. The van der Waals surface area contributed by atoms with Crippen molar-refractivity contribution in [3.8, 4) is 5.75 Å². The van der Waals surface area contributed by atoms with Crippen molar-refractivity contribution in [2.45, 2.75) is 5.92 Å². The summed E-state index contributed by atoms with van der Waals surface area (Å²) in [5.41, 5.74) is 1.20. The van der Waals surface area contributed by atoms with Crippen LogP contribution in [0, 0.1) is 11.8 Å². The number of para-hydroxylation sites is 1. The minimum Gasteiger partial charge on any atom is -0.426 e. The van der Waals surface area contributed by atoms with Crippen LogP contribution in [0.5, 0.6) is 5.75 Å². The van der Waals surface area contributed by atoms with E-state index in [0.29, 0.717) is 11.8 Å². The lowest BCUT2D eigenvalue weighted by Crippen LogP contribution is -2.16. The lowest BCUT2D eigenvalue weighted by atomic mass is 10.1. The third kappa shape index (κ3) is 0.989. The van der Waals surface area contributed by atoms with Crippen LogP contribution in [0.4, 0.5) is 0 Å². The Labute approximate surface area is 90.4 Å². The van der Waals surface area contributed by atoms with E-state index in [-0.39, 0.29) is 11.9 Å². The highest BCUT2D eigenvalue weighted by molar-refractivity contribution is 9.09. The largest absolute Gasteiger partial charge is 0.426 e. The summed E-state index contributed by atoms with van der Waals surface area (Å²) >= 11 is 3.44. The van der Waals surface area contributed by atoms with Crippen LogP contribution in [-0.4, -0.2) is 11.3 Å². The summed E-state index contributed by atoms with van der Waals surface area (Å²) in [6.07, 6.45) is 0. The van der Waals surface area contributed by atoms with Gasteiger partial charge in [0, 0.05) is 11.2 Å². The van der Waals surface area contributed by atoms with Crippen LogP contribution in [0.25, 0.3) is 0 Å². The molecule has 3 atom stereocenters. The van der Waals surface area contributed by atoms with Gasteiger partial charge < -0.3 is 4.74 Å². The highest BCUT2D eigenvalue weighted by Crippen LogP contribution is 2.59. The number of carbonyl (C=O) groups is 1. The van der Waals surface area contributed by atoms with Crippen molar-refractivity contribution >= 4 is 21.9 Å². The zero-order valence-electron chi connectivity index (χ0n) is 7.44. The maximum absolute atomic E-state index is 11.5. The fourth-order valence-electron chi connectivity index (χ4n) is 2.34. The molecular formula is C11H9BrO2. The van der Waals surface area contributed by atoms with E-state index >= 15 is 0 Å². The SMILES string of the molecule is O=C1Oc2ccccc2C2C(CBr)C12. The number of fused-ring (bicyclic) bond motifs is 3. The molecule has 0 aromatic heterocycles. The van der Waals surface area contributed by atoms with Crippen molar-refractivity contribution in [3.05, 3.63) is 29.8 Å². The first-order valence-electron chi connectivity index (χ1n) is 4.69.